The summed E-state index contributed by atoms with van der Waals surface area (Å²) in [4.78, 5) is 19.0. The summed E-state index contributed by atoms with van der Waals surface area (Å²) in [5, 5.41) is 2.35. The Morgan fingerprint density at radius 1 is 0.383 bits per heavy atom. The number of fused-ring (bicyclic) bond motifs is 2. The van der Waals surface area contributed by atoms with Gasteiger partial charge in [0.1, 0.15) is 11.5 Å². The van der Waals surface area contributed by atoms with Crippen molar-refractivity contribution in [2.75, 3.05) is 0 Å². The van der Waals surface area contributed by atoms with E-state index in [9.17, 15) is 0 Å². The molecule has 2 aromatic heterocycles. The van der Waals surface area contributed by atoms with E-state index in [0.29, 0.717) is 17.5 Å². The van der Waals surface area contributed by atoms with Gasteiger partial charge in [0, 0.05) is 40.0 Å². The van der Waals surface area contributed by atoms with Gasteiger partial charge in [0.25, 0.3) is 0 Å². The van der Waals surface area contributed by atoms with Crippen LogP contribution in [0.3, 0.4) is 0 Å². The van der Waals surface area contributed by atoms with Crippen molar-refractivity contribution in [3.8, 4) is 79.0 Å². The lowest BCUT2D eigenvalue weighted by Gasteiger charge is -2.22. The third kappa shape index (κ3) is 4.91. The lowest BCUT2D eigenvalue weighted by molar-refractivity contribution is 0.487. The molecule has 0 spiro atoms. The smallest absolute Gasteiger partial charge is 0.164 e. The number of ether oxygens (including phenoxy) is 1. The molecule has 9 rings (SSSR count). The van der Waals surface area contributed by atoms with Crippen LogP contribution in [0.15, 0.2) is 158 Å². The van der Waals surface area contributed by atoms with Crippen molar-refractivity contribution in [1.82, 2.24) is 19.9 Å². The molecule has 6 aromatic carbocycles. The lowest BCUT2D eigenvalue weighted by atomic mass is 9.93. The minimum Gasteiger partial charge on any atom is -0.456 e. The third-order valence-electron chi connectivity index (χ3n) is 8.64. The van der Waals surface area contributed by atoms with Crippen LogP contribution in [0, 0.1) is 0 Å². The number of rotatable bonds is 5. The molecule has 5 nitrogen and oxygen atoms in total. The normalized spacial score (nSPS) is 11.6. The molecular formula is C42H26N4O. The molecule has 1 aliphatic heterocycles. The number of benzene rings is 6. The Morgan fingerprint density at radius 2 is 0.957 bits per heavy atom. The van der Waals surface area contributed by atoms with Crippen LogP contribution in [-0.4, -0.2) is 19.9 Å². The van der Waals surface area contributed by atoms with Crippen molar-refractivity contribution in [3.05, 3.63) is 158 Å². The van der Waals surface area contributed by atoms with Gasteiger partial charge in [-0.15, -0.1) is 0 Å². The quantitative estimate of drug-likeness (QED) is 0.196. The summed E-state index contributed by atoms with van der Waals surface area (Å²) in [6.07, 6.45) is 3.65. The van der Waals surface area contributed by atoms with Gasteiger partial charge in [0.15, 0.2) is 17.5 Å². The zero-order chi connectivity index (χ0) is 31.2. The Hall–Kier alpha value is -6.46. The van der Waals surface area contributed by atoms with Gasteiger partial charge in [-0.2, -0.15) is 0 Å². The summed E-state index contributed by atoms with van der Waals surface area (Å²) in [7, 11) is 0. The SMILES string of the molecule is c1ccc(-c2nc(-c3ccc(-c4cccnc4)cc3)nc(-c3ccc(-c4ccc5c(c4)Oc4cccc6cccc-5c46)cc3)n2)cc1. The highest BCUT2D eigenvalue weighted by molar-refractivity contribution is 6.04. The predicted octanol–water partition coefficient (Wildman–Crippen LogP) is 10.5. The molecule has 0 saturated heterocycles. The second-order valence-corrected chi connectivity index (χ2v) is 11.5. The monoisotopic (exact) mass is 602 g/mol. The van der Waals surface area contributed by atoms with E-state index in [2.05, 4.69) is 102 Å². The van der Waals surface area contributed by atoms with Gasteiger partial charge >= 0.3 is 0 Å². The number of pyridine rings is 1. The van der Waals surface area contributed by atoms with E-state index in [-0.39, 0.29) is 0 Å². The van der Waals surface area contributed by atoms with E-state index in [1.807, 2.05) is 54.7 Å². The van der Waals surface area contributed by atoms with Crippen molar-refractivity contribution in [2.24, 2.45) is 0 Å². The molecule has 0 radical (unpaired) electrons. The summed E-state index contributed by atoms with van der Waals surface area (Å²) in [6.45, 7) is 0. The molecule has 8 aromatic rings. The molecule has 0 atom stereocenters. The molecule has 1 aliphatic rings. The number of nitrogens with zero attached hydrogens (tertiary/aromatic N) is 4. The van der Waals surface area contributed by atoms with Crippen LogP contribution in [0.2, 0.25) is 0 Å². The zero-order valence-corrected chi connectivity index (χ0v) is 25.2. The summed E-state index contributed by atoms with van der Waals surface area (Å²) in [5.41, 5.74) is 9.39. The van der Waals surface area contributed by atoms with E-state index < -0.39 is 0 Å². The van der Waals surface area contributed by atoms with Gasteiger partial charge in [-0.1, -0.05) is 121 Å². The molecule has 0 unspecified atom stereocenters. The average Bonchev–Trinajstić information content (AvgIpc) is 3.15. The van der Waals surface area contributed by atoms with Gasteiger partial charge in [0.2, 0.25) is 0 Å². The summed E-state index contributed by atoms with van der Waals surface area (Å²) in [5.74, 6) is 3.63. The number of hydrogen-bond donors (Lipinski definition) is 0. The second-order valence-electron chi connectivity index (χ2n) is 11.5. The zero-order valence-electron chi connectivity index (χ0n) is 25.2. The van der Waals surface area contributed by atoms with Gasteiger partial charge in [0.05, 0.1) is 0 Å². The summed E-state index contributed by atoms with van der Waals surface area (Å²) >= 11 is 0. The first-order valence-electron chi connectivity index (χ1n) is 15.5. The maximum absolute atomic E-state index is 6.42. The first-order valence-corrected chi connectivity index (χ1v) is 15.5. The standard InChI is InChI=1S/C42H26N4O/c1-2-7-30(8-3-1)40-44-41(46-42(45-40)32-20-16-28(17-21-32)34-11-6-24-43-26-34)31-18-14-27(15-19-31)33-22-23-35-36-12-4-9-29-10-5-13-37(39(29)36)47-38(35)25-33/h1-26H. The molecular weight excluding hydrogens is 576 g/mol. The van der Waals surface area contributed by atoms with Crippen molar-refractivity contribution < 1.29 is 4.74 Å². The molecule has 0 aliphatic carbocycles. The van der Waals surface area contributed by atoms with Crippen LogP contribution in [0.25, 0.3) is 78.3 Å². The molecule has 0 amide bonds. The van der Waals surface area contributed by atoms with Crippen molar-refractivity contribution >= 4 is 10.8 Å². The van der Waals surface area contributed by atoms with E-state index >= 15 is 0 Å². The second kappa shape index (κ2) is 11.2. The highest BCUT2D eigenvalue weighted by atomic mass is 16.5. The third-order valence-corrected chi connectivity index (χ3v) is 8.64. The van der Waals surface area contributed by atoms with Crippen molar-refractivity contribution in [1.29, 1.82) is 0 Å². The molecule has 0 N–H and O–H groups in total. The van der Waals surface area contributed by atoms with E-state index in [4.69, 9.17) is 19.7 Å². The van der Waals surface area contributed by atoms with Crippen LogP contribution in [0.1, 0.15) is 0 Å². The molecule has 0 fully saturated rings. The fourth-order valence-corrected chi connectivity index (χ4v) is 6.25. The minimum absolute atomic E-state index is 0.621. The summed E-state index contributed by atoms with van der Waals surface area (Å²) < 4.78 is 6.42. The molecule has 0 saturated carbocycles. The van der Waals surface area contributed by atoms with Gasteiger partial charge < -0.3 is 4.74 Å². The average molecular weight is 603 g/mol. The highest BCUT2D eigenvalue weighted by Crippen LogP contribution is 2.47. The van der Waals surface area contributed by atoms with Crippen LogP contribution >= 0.6 is 0 Å². The van der Waals surface area contributed by atoms with Crippen molar-refractivity contribution in [2.45, 2.75) is 0 Å². The van der Waals surface area contributed by atoms with E-state index in [0.717, 1.165) is 61.4 Å². The fourth-order valence-electron chi connectivity index (χ4n) is 6.25. The van der Waals surface area contributed by atoms with Crippen LogP contribution in [0.5, 0.6) is 11.5 Å². The molecule has 0 bridgehead atoms. The van der Waals surface area contributed by atoms with Crippen LogP contribution < -0.4 is 4.74 Å². The summed E-state index contributed by atoms with van der Waals surface area (Å²) in [6, 6.07) is 49.7. The maximum atomic E-state index is 6.42. The Balaban J connectivity index is 1.07. The molecule has 220 valence electrons. The first-order chi connectivity index (χ1) is 23.3. The van der Waals surface area contributed by atoms with E-state index in [1.165, 1.54) is 10.9 Å². The maximum Gasteiger partial charge on any atom is 0.164 e. The van der Waals surface area contributed by atoms with Crippen molar-refractivity contribution in [3.63, 3.8) is 0 Å². The Labute approximate surface area is 271 Å². The van der Waals surface area contributed by atoms with Gasteiger partial charge in [-0.25, -0.2) is 15.0 Å². The predicted molar refractivity (Wildman–Crippen MR) is 188 cm³/mol. The topological polar surface area (TPSA) is 60.8 Å². The Bertz CT molecular complexity index is 2400. The Morgan fingerprint density at radius 3 is 1.62 bits per heavy atom. The fraction of sp³-hybridized carbons (Fsp3) is 0. The molecule has 47 heavy (non-hydrogen) atoms. The number of hydrogen-bond acceptors (Lipinski definition) is 5. The lowest BCUT2D eigenvalue weighted by Crippen LogP contribution is -2.00. The van der Waals surface area contributed by atoms with Crippen LogP contribution in [-0.2, 0) is 0 Å². The highest BCUT2D eigenvalue weighted by Gasteiger charge is 2.20. The molecule has 5 heteroatoms. The minimum atomic E-state index is 0.621. The Kier molecular flexibility index (Phi) is 6.39. The van der Waals surface area contributed by atoms with E-state index in [1.54, 1.807) is 6.20 Å². The van der Waals surface area contributed by atoms with Gasteiger partial charge in [-0.05, 0) is 57.5 Å². The van der Waals surface area contributed by atoms with Crippen LogP contribution in [0.4, 0.5) is 0 Å². The number of aromatic nitrogens is 4. The molecule has 3 heterocycles. The first kappa shape index (κ1) is 26.9. The largest absolute Gasteiger partial charge is 0.456 e. The van der Waals surface area contributed by atoms with Gasteiger partial charge in [-0.3, -0.25) is 4.98 Å².